The fraction of sp³-hybridized carbons (Fsp3) is 0.500. The van der Waals surface area contributed by atoms with E-state index in [1.54, 1.807) is 0 Å². The molecule has 0 aromatic heterocycles. The van der Waals surface area contributed by atoms with Gasteiger partial charge < -0.3 is 10.8 Å². The number of phenols is 1. The summed E-state index contributed by atoms with van der Waals surface area (Å²) >= 11 is 3.50. The molecule has 1 aromatic carbocycles. The van der Waals surface area contributed by atoms with E-state index >= 15 is 0 Å². The van der Waals surface area contributed by atoms with Crippen LogP contribution < -0.4 is 5.73 Å². The third-order valence-electron chi connectivity index (χ3n) is 2.65. The first-order valence-corrected chi connectivity index (χ1v) is 5.93. The first-order chi connectivity index (χ1) is 6.86. The largest absolute Gasteiger partial charge is 0.507 e. The molecule has 0 spiro atoms. The minimum atomic E-state index is -0.153. The molecule has 0 radical (unpaired) electrons. The highest BCUT2D eigenvalue weighted by atomic mass is 79.9. The van der Waals surface area contributed by atoms with Crippen molar-refractivity contribution in [1.82, 2.24) is 0 Å². The Balaban J connectivity index is 3.49. The van der Waals surface area contributed by atoms with Gasteiger partial charge in [0, 0.05) is 16.1 Å². The summed E-state index contributed by atoms with van der Waals surface area (Å²) in [4.78, 5) is 0. The summed E-state index contributed by atoms with van der Waals surface area (Å²) in [5, 5.41) is 10.1. The minimum Gasteiger partial charge on any atom is -0.507 e. The van der Waals surface area contributed by atoms with Gasteiger partial charge >= 0.3 is 0 Å². The first-order valence-electron chi connectivity index (χ1n) is 5.13. The average Bonchev–Trinajstić information content (AvgIpc) is 2.10. The predicted octanol–water partition coefficient (Wildman–Crippen LogP) is 3.61. The number of halogens is 1. The fourth-order valence-electron chi connectivity index (χ4n) is 1.77. The van der Waals surface area contributed by atoms with E-state index in [-0.39, 0.29) is 6.04 Å². The van der Waals surface area contributed by atoms with Gasteiger partial charge in [-0.15, -0.1) is 0 Å². The molecule has 0 aliphatic rings. The Morgan fingerprint density at radius 2 is 1.87 bits per heavy atom. The molecule has 2 nitrogen and oxygen atoms in total. The molecule has 1 aromatic rings. The van der Waals surface area contributed by atoms with Crippen molar-refractivity contribution in [3.05, 3.63) is 27.2 Å². The highest BCUT2D eigenvalue weighted by Crippen LogP contribution is 2.38. The van der Waals surface area contributed by atoms with Crippen molar-refractivity contribution in [1.29, 1.82) is 0 Å². The van der Waals surface area contributed by atoms with Gasteiger partial charge in [0.25, 0.3) is 0 Å². The van der Waals surface area contributed by atoms with Gasteiger partial charge in [-0.3, -0.25) is 0 Å². The van der Waals surface area contributed by atoms with Gasteiger partial charge in [-0.2, -0.15) is 0 Å². The van der Waals surface area contributed by atoms with Crippen LogP contribution in [0.15, 0.2) is 10.5 Å². The number of hydrogen-bond donors (Lipinski definition) is 2. The van der Waals surface area contributed by atoms with E-state index in [1.807, 2.05) is 19.9 Å². The average molecular weight is 272 g/mol. The second-order valence-electron chi connectivity index (χ2n) is 4.28. The maximum Gasteiger partial charge on any atom is 0.124 e. The summed E-state index contributed by atoms with van der Waals surface area (Å²) in [5.74, 6) is 0.639. The van der Waals surface area contributed by atoms with E-state index in [0.29, 0.717) is 11.7 Å². The molecule has 3 N–H and O–H groups in total. The molecule has 0 saturated heterocycles. The van der Waals surface area contributed by atoms with Crippen LogP contribution in [-0.4, -0.2) is 5.11 Å². The van der Waals surface area contributed by atoms with Crippen molar-refractivity contribution < 1.29 is 5.11 Å². The van der Waals surface area contributed by atoms with Crippen LogP contribution in [0.4, 0.5) is 0 Å². The Bertz CT molecular complexity index is 372. The number of benzene rings is 1. The monoisotopic (exact) mass is 271 g/mol. The smallest absolute Gasteiger partial charge is 0.124 e. The fourth-order valence-corrected chi connectivity index (χ4v) is 2.23. The van der Waals surface area contributed by atoms with Crippen LogP contribution in [0, 0.1) is 6.92 Å². The first kappa shape index (κ1) is 12.5. The summed E-state index contributed by atoms with van der Waals surface area (Å²) < 4.78 is 1.01. The number of hydrogen-bond acceptors (Lipinski definition) is 2. The zero-order chi connectivity index (χ0) is 11.7. The molecule has 0 aliphatic carbocycles. The second-order valence-corrected chi connectivity index (χ2v) is 5.13. The SMILES string of the molecule is Cc1c(Br)cc(C(C)C)c(O)c1C(C)N. The number of aromatic hydroxyl groups is 1. The van der Waals surface area contributed by atoms with E-state index < -0.39 is 0 Å². The molecule has 0 aliphatic heterocycles. The van der Waals surface area contributed by atoms with Gasteiger partial charge in [-0.05, 0) is 37.0 Å². The third kappa shape index (κ3) is 2.34. The van der Waals surface area contributed by atoms with Crippen LogP contribution in [0.2, 0.25) is 0 Å². The summed E-state index contributed by atoms with van der Waals surface area (Å²) in [5.41, 5.74) is 8.68. The Hall–Kier alpha value is -0.540. The molecule has 84 valence electrons. The van der Waals surface area contributed by atoms with Crippen molar-refractivity contribution >= 4 is 15.9 Å². The summed E-state index contributed by atoms with van der Waals surface area (Å²) in [7, 11) is 0. The van der Waals surface area contributed by atoms with Gasteiger partial charge in [0.2, 0.25) is 0 Å². The molecule has 1 rings (SSSR count). The third-order valence-corrected chi connectivity index (χ3v) is 3.47. The predicted molar refractivity (Wildman–Crippen MR) is 67.2 cm³/mol. The lowest BCUT2D eigenvalue weighted by molar-refractivity contribution is 0.452. The highest BCUT2D eigenvalue weighted by molar-refractivity contribution is 9.10. The molecular weight excluding hydrogens is 254 g/mol. The van der Waals surface area contributed by atoms with E-state index in [1.165, 1.54) is 0 Å². The highest BCUT2D eigenvalue weighted by Gasteiger charge is 2.18. The van der Waals surface area contributed by atoms with Crippen molar-refractivity contribution in [3.8, 4) is 5.75 Å². The molecule has 0 fully saturated rings. The van der Waals surface area contributed by atoms with E-state index in [4.69, 9.17) is 5.73 Å². The summed E-state index contributed by atoms with van der Waals surface area (Å²) in [6.45, 7) is 7.97. The maximum absolute atomic E-state index is 10.1. The van der Waals surface area contributed by atoms with Crippen LogP contribution in [0.25, 0.3) is 0 Å². The van der Waals surface area contributed by atoms with Crippen LogP contribution in [0.3, 0.4) is 0 Å². The molecule has 3 heteroatoms. The molecule has 1 unspecified atom stereocenters. The van der Waals surface area contributed by atoms with Gasteiger partial charge in [0.05, 0.1) is 0 Å². The topological polar surface area (TPSA) is 46.2 Å². The molecule has 1 atom stereocenters. The van der Waals surface area contributed by atoms with Crippen molar-refractivity contribution in [2.45, 2.75) is 39.7 Å². The lowest BCUT2D eigenvalue weighted by Crippen LogP contribution is -2.09. The van der Waals surface area contributed by atoms with E-state index in [2.05, 4.69) is 29.8 Å². The zero-order valence-corrected chi connectivity index (χ0v) is 11.2. The molecule has 0 saturated carbocycles. The lowest BCUT2D eigenvalue weighted by Gasteiger charge is -2.19. The standard InChI is InChI=1S/C12H18BrNO/c1-6(2)9-5-10(13)7(3)11(8(4)14)12(9)15/h5-6,8,15H,14H2,1-4H3. The maximum atomic E-state index is 10.1. The number of nitrogens with two attached hydrogens (primary N) is 1. The Labute approximate surface area is 99.6 Å². The van der Waals surface area contributed by atoms with Gasteiger partial charge in [0.1, 0.15) is 5.75 Å². The van der Waals surface area contributed by atoms with Crippen LogP contribution in [0.5, 0.6) is 5.75 Å². The van der Waals surface area contributed by atoms with E-state index in [9.17, 15) is 5.11 Å². The van der Waals surface area contributed by atoms with Gasteiger partial charge in [-0.25, -0.2) is 0 Å². The summed E-state index contributed by atoms with van der Waals surface area (Å²) in [6.07, 6.45) is 0. The Morgan fingerprint density at radius 1 is 1.33 bits per heavy atom. The minimum absolute atomic E-state index is 0.153. The van der Waals surface area contributed by atoms with Gasteiger partial charge in [-0.1, -0.05) is 29.8 Å². The lowest BCUT2D eigenvalue weighted by atomic mass is 9.93. The van der Waals surface area contributed by atoms with Crippen LogP contribution in [0.1, 0.15) is 49.4 Å². The molecule has 0 amide bonds. The van der Waals surface area contributed by atoms with Crippen LogP contribution >= 0.6 is 15.9 Å². The quantitative estimate of drug-likeness (QED) is 0.864. The van der Waals surface area contributed by atoms with Crippen LogP contribution in [-0.2, 0) is 0 Å². The zero-order valence-electron chi connectivity index (χ0n) is 9.63. The van der Waals surface area contributed by atoms with Gasteiger partial charge in [0.15, 0.2) is 0 Å². The Kier molecular flexibility index (Phi) is 3.79. The molecule has 0 heterocycles. The number of phenolic OH excluding ortho intramolecular Hbond substituents is 1. The van der Waals surface area contributed by atoms with E-state index in [0.717, 1.165) is 21.2 Å². The number of rotatable bonds is 2. The normalized spacial score (nSPS) is 13.3. The second kappa shape index (κ2) is 4.54. The molecule has 0 bridgehead atoms. The van der Waals surface area contributed by atoms with Crippen molar-refractivity contribution in [2.24, 2.45) is 5.73 Å². The summed E-state index contributed by atoms with van der Waals surface area (Å²) in [6, 6.07) is 1.82. The molecular formula is C12H18BrNO. The molecule has 15 heavy (non-hydrogen) atoms. The van der Waals surface area contributed by atoms with Crippen molar-refractivity contribution in [2.75, 3.05) is 0 Å². The van der Waals surface area contributed by atoms with Crippen molar-refractivity contribution in [3.63, 3.8) is 0 Å². The Morgan fingerprint density at radius 3 is 2.27 bits per heavy atom.